The largest absolute Gasteiger partial charge is 0.354 e. The Kier molecular flexibility index (Phi) is 10.4. The molecule has 0 spiro atoms. The van der Waals surface area contributed by atoms with Gasteiger partial charge in [-0.3, -0.25) is 13.9 Å². The fourth-order valence-corrected chi connectivity index (χ4v) is 6.03. The topological polar surface area (TPSA) is 86.8 Å². The fraction of sp³-hybridized carbons (Fsp3) is 0.212. The maximum absolute atomic E-state index is 15.1. The van der Waals surface area contributed by atoms with Gasteiger partial charge in [-0.05, 0) is 41.8 Å². The summed E-state index contributed by atoms with van der Waals surface area (Å²) in [4.78, 5) is 29.1. The van der Waals surface area contributed by atoms with Crippen LogP contribution in [-0.4, -0.2) is 44.3 Å². The van der Waals surface area contributed by atoms with Gasteiger partial charge in [0.1, 0.15) is 18.4 Å². The van der Waals surface area contributed by atoms with Crippen LogP contribution in [0.25, 0.3) is 0 Å². The summed E-state index contributed by atoms with van der Waals surface area (Å²) >= 11 is 0. The number of carbonyl (C=O) groups is 2. The molecule has 1 N–H and O–H groups in total. The van der Waals surface area contributed by atoms with E-state index in [-0.39, 0.29) is 29.5 Å². The van der Waals surface area contributed by atoms with E-state index in [2.05, 4.69) is 5.32 Å². The summed E-state index contributed by atoms with van der Waals surface area (Å²) in [6.07, 6.45) is 0.910. The summed E-state index contributed by atoms with van der Waals surface area (Å²) in [7, 11) is -4.35. The number of hydrogen-bond donors (Lipinski definition) is 1. The summed E-state index contributed by atoms with van der Waals surface area (Å²) in [5.41, 5.74) is 1.34. The minimum absolute atomic E-state index is 0.0488. The lowest BCUT2D eigenvalue weighted by Gasteiger charge is -2.34. The van der Waals surface area contributed by atoms with Crippen LogP contribution < -0.4 is 9.62 Å². The third kappa shape index (κ3) is 7.61. The average Bonchev–Trinajstić information content (AvgIpc) is 3.02. The second-order valence-corrected chi connectivity index (χ2v) is 11.6. The van der Waals surface area contributed by atoms with Gasteiger partial charge < -0.3 is 10.2 Å². The van der Waals surface area contributed by atoms with E-state index in [4.69, 9.17) is 0 Å². The zero-order valence-electron chi connectivity index (χ0n) is 23.4. The SMILES string of the molecule is CCCNC(=O)[C@H](Cc1ccccc1)N(Cc1ccccc1)C(=O)CN(c1ccccc1F)S(=O)(=O)c1ccccc1. The molecule has 7 nitrogen and oxygen atoms in total. The van der Waals surface area contributed by atoms with Gasteiger partial charge in [0.15, 0.2) is 0 Å². The zero-order valence-corrected chi connectivity index (χ0v) is 24.2. The van der Waals surface area contributed by atoms with Crippen molar-refractivity contribution in [2.24, 2.45) is 0 Å². The maximum Gasteiger partial charge on any atom is 0.264 e. The van der Waals surface area contributed by atoms with Crippen molar-refractivity contribution in [3.8, 4) is 0 Å². The molecule has 42 heavy (non-hydrogen) atoms. The number of amides is 2. The number of para-hydroxylation sites is 1. The molecule has 0 fully saturated rings. The van der Waals surface area contributed by atoms with Gasteiger partial charge in [0.05, 0.1) is 10.6 Å². The molecule has 4 aromatic carbocycles. The van der Waals surface area contributed by atoms with Crippen LogP contribution in [0.15, 0.2) is 120 Å². The second kappa shape index (κ2) is 14.4. The van der Waals surface area contributed by atoms with Gasteiger partial charge in [-0.15, -0.1) is 0 Å². The lowest BCUT2D eigenvalue weighted by atomic mass is 10.0. The number of rotatable bonds is 13. The van der Waals surface area contributed by atoms with Crippen molar-refractivity contribution in [1.29, 1.82) is 0 Å². The van der Waals surface area contributed by atoms with Gasteiger partial charge in [-0.2, -0.15) is 0 Å². The predicted molar refractivity (Wildman–Crippen MR) is 162 cm³/mol. The van der Waals surface area contributed by atoms with E-state index in [1.807, 2.05) is 67.6 Å². The summed E-state index contributed by atoms with van der Waals surface area (Å²) in [5.74, 6) is -1.79. The van der Waals surface area contributed by atoms with Gasteiger partial charge in [0, 0.05) is 19.5 Å². The van der Waals surface area contributed by atoms with Gasteiger partial charge in [0.25, 0.3) is 10.0 Å². The predicted octanol–water partition coefficient (Wildman–Crippen LogP) is 5.19. The Morgan fingerprint density at radius 2 is 1.33 bits per heavy atom. The molecular formula is C33H34FN3O4S. The highest BCUT2D eigenvalue weighted by Crippen LogP contribution is 2.27. The first-order valence-electron chi connectivity index (χ1n) is 13.8. The zero-order chi connectivity index (χ0) is 30.0. The normalized spacial score (nSPS) is 11.9. The van der Waals surface area contributed by atoms with Crippen LogP contribution in [0.1, 0.15) is 24.5 Å². The van der Waals surface area contributed by atoms with Crippen LogP contribution in [0.5, 0.6) is 0 Å². The number of benzene rings is 4. The first-order chi connectivity index (χ1) is 20.3. The molecule has 0 bridgehead atoms. The summed E-state index contributed by atoms with van der Waals surface area (Å²) in [5, 5.41) is 2.90. The number of halogens is 1. The van der Waals surface area contributed by atoms with E-state index in [9.17, 15) is 18.0 Å². The molecule has 0 aliphatic heterocycles. The van der Waals surface area contributed by atoms with Crippen LogP contribution in [0, 0.1) is 5.82 Å². The number of sulfonamides is 1. The second-order valence-electron chi connectivity index (χ2n) is 9.78. The molecule has 1 atom stereocenters. The maximum atomic E-state index is 15.1. The lowest BCUT2D eigenvalue weighted by Crippen LogP contribution is -2.53. The molecule has 4 aromatic rings. The molecular weight excluding hydrogens is 553 g/mol. The fourth-order valence-electron chi connectivity index (χ4n) is 4.59. The Bertz CT molecular complexity index is 1570. The standard InChI is InChI=1S/C33H34FN3O4S/c1-2-22-35-33(39)31(23-26-14-6-3-7-15-26)36(24-27-16-8-4-9-17-27)32(38)25-37(30-21-13-12-20-29(30)34)42(40,41)28-18-10-5-11-19-28/h3-21,31H,2,22-25H2,1H3,(H,35,39)/t31-/m0/s1. The Labute approximate surface area is 246 Å². The van der Waals surface area contributed by atoms with E-state index in [1.165, 1.54) is 35.2 Å². The van der Waals surface area contributed by atoms with Gasteiger partial charge >= 0.3 is 0 Å². The van der Waals surface area contributed by atoms with Gasteiger partial charge in [-0.25, -0.2) is 12.8 Å². The molecule has 0 heterocycles. The smallest absolute Gasteiger partial charge is 0.264 e. The number of carbonyl (C=O) groups excluding carboxylic acids is 2. The minimum atomic E-state index is -4.35. The molecule has 9 heteroatoms. The molecule has 0 aromatic heterocycles. The third-order valence-electron chi connectivity index (χ3n) is 6.75. The van der Waals surface area contributed by atoms with Crippen LogP contribution in [-0.2, 0) is 32.6 Å². The summed E-state index contributed by atoms with van der Waals surface area (Å²) < 4.78 is 43.6. The minimum Gasteiger partial charge on any atom is -0.354 e. The van der Waals surface area contributed by atoms with Crippen LogP contribution in [0.4, 0.5) is 10.1 Å². The Hall–Kier alpha value is -4.50. The van der Waals surface area contributed by atoms with Gasteiger partial charge in [0.2, 0.25) is 11.8 Å². The van der Waals surface area contributed by atoms with Crippen molar-refractivity contribution in [1.82, 2.24) is 10.2 Å². The highest BCUT2D eigenvalue weighted by atomic mass is 32.2. The highest BCUT2D eigenvalue weighted by Gasteiger charge is 2.35. The average molecular weight is 588 g/mol. The highest BCUT2D eigenvalue weighted by molar-refractivity contribution is 7.92. The number of anilines is 1. The van der Waals surface area contributed by atoms with Crippen molar-refractivity contribution in [2.75, 3.05) is 17.4 Å². The molecule has 0 radical (unpaired) electrons. The van der Waals surface area contributed by atoms with E-state index < -0.39 is 34.3 Å². The number of nitrogens with one attached hydrogen (secondary N) is 1. The first-order valence-corrected chi connectivity index (χ1v) is 15.2. The lowest BCUT2D eigenvalue weighted by molar-refractivity contribution is -0.140. The van der Waals surface area contributed by atoms with E-state index >= 15 is 4.39 Å². The van der Waals surface area contributed by atoms with Gasteiger partial charge in [-0.1, -0.05) is 97.9 Å². The first kappa shape index (κ1) is 30.5. The molecule has 0 aliphatic carbocycles. The van der Waals surface area contributed by atoms with E-state index in [0.717, 1.165) is 21.5 Å². The van der Waals surface area contributed by atoms with Crippen molar-refractivity contribution >= 4 is 27.5 Å². The Morgan fingerprint density at radius 3 is 1.93 bits per heavy atom. The number of nitrogens with zero attached hydrogens (tertiary/aromatic N) is 2. The molecule has 0 aliphatic rings. The van der Waals surface area contributed by atoms with Crippen LogP contribution >= 0.6 is 0 Å². The molecule has 0 saturated carbocycles. The van der Waals surface area contributed by atoms with E-state index in [1.54, 1.807) is 18.2 Å². The molecule has 2 amide bonds. The Morgan fingerprint density at radius 1 is 0.786 bits per heavy atom. The van der Waals surface area contributed by atoms with Crippen LogP contribution in [0.3, 0.4) is 0 Å². The van der Waals surface area contributed by atoms with Crippen LogP contribution in [0.2, 0.25) is 0 Å². The molecule has 0 unspecified atom stereocenters. The third-order valence-corrected chi connectivity index (χ3v) is 8.52. The van der Waals surface area contributed by atoms with E-state index in [0.29, 0.717) is 13.0 Å². The molecule has 4 rings (SSSR count). The van der Waals surface area contributed by atoms with Crippen molar-refractivity contribution in [3.05, 3.63) is 132 Å². The molecule has 0 saturated heterocycles. The monoisotopic (exact) mass is 587 g/mol. The summed E-state index contributed by atoms with van der Waals surface area (Å²) in [6.45, 7) is 1.69. The quantitative estimate of drug-likeness (QED) is 0.233. The van der Waals surface area contributed by atoms with Crippen molar-refractivity contribution in [2.45, 2.75) is 37.2 Å². The Balaban J connectivity index is 1.78. The van der Waals surface area contributed by atoms with Crippen molar-refractivity contribution < 1.29 is 22.4 Å². The van der Waals surface area contributed by atoms with Crippen molar-refractivity contribution in [3.63, 3.8) is 0 Å². The summed E-state index contributed by atoms with van der Waals surface area (Å²) in [6, 6.07) is 30.5. The molecule has 218 valence electrons. The number of hydrogen-bond acceptors (Lipinski definition) is 4.